The Bertz CT molecular complexity index is 644. The van der Waals surface area contributed by atoms with Crippen LogP contribution in [-0.2, 0) is 0 Å². The van der Waals surface area contributed by atoms with E-state index in [1.165, 1.54) is 0 Å². The molecule has 0 spiro atoms. The number of nitrogens with one attached hydrogen (secondary N) is 1. The average molecular weight is 224 g/mol. The van der Waals surface area contributed by atoms with Gasteiger partial charge in [-0.1, -0.05) is 24.3 Å². The molecular weight excluding hydrogens is 212 g/mol. The van der Waals surface area contributed by atoms with Gasteiger partial charge in [0.1, 0.15) is 5.75 Å². The predicted molar refractivity (Wildman–Crippen MR) is 69.1 cm³/mol. The van der Waals surface area contributed by atoms with Gasteiger partial charge in [0.25, 0.3) is 0 Å². The Morgan fingerprint density at radius 3 is 2.29 bits per heavy atom. The van der Waals surface area contributed by atoms with Gasteiger partial charge in [-0.05, 0) is 24.3 Å². The monoisotopic (exact) mass is 224 g/mol. The molecule has 2 N–H and O–H groups in total. The topological polar surface area (TPSA) is 37.2 Å². The lowest BCUT2D eigenvalue weighted by atomic mass is 10.1. The highest BCUT2D eigenvalue weighted by Gasteiger charge is 2.04. The summed E-state index contributed by atoms with van der Waals surface area (Å²) in [4.78, 5) is 0. The lowest BCUT2D eigenvalue weighted by molar-refractivity contribution is 0.481. The van der Waals surface area contributed by atoms with E-state index in [0.29, 0.717) is 5.75 Å². The van der Waals surface area contributed by atoms with Crippen LogP contribution in [0.3, 0.4) is 0 Å². The minimum atomic E-state index is 0.304. The average Bonchev–Trinajstić information content (AvgIpc) is 2.86. The van der Waals surface area contributed by atoms with Crippen molar-refractivity contribution < 1.29 is 5.11 Å². The van der Waals surface area contributed by atoms with Crippen molar-refractivity contribution in [1.82, 2.24) is 4.68 Å². The van der Waals surface area contributed by atoms with Crippen LogP contribution < -0.4 is 5.43 Å². The molecule has 3 nitrogen and oxygen atoms in total. The molecule has 0 bridgehead atoms. The molecule has 0 aliphatic rings. The molecule has 17 heavy (non-hydrogen) atoms. The molecule has 3 heteroatoms. The van der Waals surface area contributed by atoms with Crippen molar-refractivity contribution in [2.45, 2.75) is 0 Å². The molecule has 3 aromatic rings. The summed E-state index contributed by atoms with van der Waals surface area (Å²) in [5.74, 6) is 0.304. The highest BCUT2D eigenvalue weighted by molar-refractivity contribution is 5.97. The zero-order valence-electron chi connectivity index (χ0n) is 9.17. The summed E-state index contributed by atoms with van der Waals surface area (Å²) in [7, 11) is 0. The molecule has 84 valence electrons. The molecule has 0 atom stereocenters. The van der Waals surface area contributed by atoms with E-state index in [4.69, 9.17) is 0 Å². The van der Waals surface area contributed by atoms with Crippen molar-refractivity contribution in [3.8, 4) is 5.75 Å². The van der Waals surface area contributed by atoms with Crippen LogP contribution in [0.2, 0.25) is 0 Å². The predicted octanol–water partition coefficient (Wildman–Crippen LogP) is 3.22. The third-order valence-electron chi connectivity index (χ3n) is 2.76. The first kappa shape index (κ1) is 9.78. The number of hydrogen-bond acceptors (Lipinski definition) is 2. The molecular formula is C14H12N2O. The van der Waals surface area contributed by atoms with E-state index in [9.17, 15) is 5.11 Å². The highest BCUT2D eigenvalue weighted by atomic mass is 16.3. The largest absolute Gasteiger partial charge is 0.507 e. The SMILES string of the molecule is Oc1ccc(Nn2cccc2)c2ccccc12. The summed E-state index contributed by atoms with van der Waals surface area (Å²) in [6.45, 7) is 0. The Balaban J connectivity index is 2.14. The smallest absolute Gasteiger partial charge is 0.123 e. The molecule has 0 aliphatic carbocycles. The molecule has 0 saturated heterocycles. The van der Waals surface area contributed by atoms with E-state index >= 15 is 0 Å². The van der Waals surface area contributed by atoms with Crippen LogP contribution in [0, 0.1) is 0 Å². The molecule has 0 saturated carbocycles. The maximum absolute atomic E-state index is 9.79. The summed E-state index contributed by atoms with van der Waals surface area (Å²) < 4.78 is 1.87. The lowest BCUT2D eigenvalue weighted by Gasteiger charge is -2.11. The second-order valence-electron chi connectivity index (χ2n) is 3.88. The normalized spacial score (nSPS) is 10.6. The van der Waals surface area contributed by atoms with Gasteiger partial charge in [-0.25, -0.2) is 0 Å². The van der Waals surface area contributed by atoms with Gasteiger partial charge in [0, 0.05) is 23.2 Å². The molecule has 3 rings (SSSR count). The number of phenols is 1. The van der Waals surface area contributed by atoms with E-state index in [0.717, 1.165) is 16.5 Å². The maximum Gasteiger partial charge on any atom is 0.123 e. The number of anilines is 1. The zero-order valence-corrected chi connectivity index (χ0v) is 9.17. The number of nitrogens with zero attached hydrogens (tertiary/aromatic N) is 1. The quantitative estimate of drug-likeness (QED) is 0.656. The van der Waals surface area contributed by atoms with E-state index in [2.05, 4.69) is 5.43 Å². The minimum absolute atomic E-state index is 0.304. The summed E-state index contributed by atoms with van der Waals surface area (Å²) >= 11 is 0. The first-order valence-electron chi connectivity index (χ1n) is 5.45. The van der Waals surface area contributed by atoms with Gasteiger partial charge in [-0.15, -0.1) is 0 Å². The van der Waals surface area contributed by atoms with E-state index in [1.807, 2.05) is 59.5 Å². The molecule has 1 aromatic heterocycles. The first-order chi connectivity index (χ1) is 8.34. The lowest BCUT2D eigenvalue weighted by Crippen LogP contribution is -2.05. The van der Waals surface area contributed by atoms with Gasteiger partial charge in [0.05, 0.1) is 5.69 Å². The van der Waals surface area contributed by atoms with Crippen molar-refractivity contribution in [3.63, 3.8) is 0 Å². The number of aromatic nitrogens is 1. The van der Waals surface area contributed by atoms with Crippen molar-refractivity contribution in [1.29, 1.82) is 0 Å². The van der Waals surface area contributed by atoms with Gasteiger partial charge >= 0.3 is 0 Å². The number of rotatable bonds is 2. The fraction of sp³-hybridized carbons (Fsp3) is 0. The van der Waals surface area contributed by atoms with E-state index in [-0.39, 0.29) is 0 Å². The molecule has 0 aliphatic heterocycles. The molecule has 0 fully saturated rings. The van der Waals surface area contributed by atoms with Gasteiger partial charge in [-0.3, -0.25) is 10.1 Å². The second-order valence-corrected chi connectivity index (χ2v) is 3.88. The fourth-order valence-corrected chi connectivity index (χ4v) is 1.93. The van der Waals surface area contributed by atoms with Crippen LogP contribution in [0.15, 0.2) is 60.9 Å². The van der Waals surface area contributed by atoms with Crippen molar-refractivity contribution in [2.24, 2.45) is 0 Å². The zero-order chi connectivity index (χ0) is 11.7. The maximum atomic E-state index is 9.79. The van der Waals surface area contributed by atoms with Crippen molar-refractivity contribution >= 4 is 16.5 Å². The summed E-state index contributed by atoms with van der Waals surface area (Å²) in [6, 6.07) is 15.3. The minimum Gasteiger partial charge on any atom is -0.507 e. The molecule has 1 heterocycles. The van der Waals surface area contributed by atoms with Gasteiger partial charge < -0.3 is 5.11 Å². The molecule has 0 unspecified atom stereocenters. The molecule has 0 radical (unpaired) electrons. The number of phenolic OH excluding ortho intramolecular Hbond substituents is 1. The summed E-state index contributed by atoms with van der Waals surface area (Å²) in [5.41, 5.74) is 4.23. The summed E-state index contributed by atoms with van der Waals surface area (Å²) in [5, 5.41) is 11.6. The third kappa shape index (κ3) is 1.72. The molecule has 2 aromatic carbocycles. The second kappa shape index (κ2) is 3.87. The highest BCUT2D eigenvalue weighted by Crippen LogP contribution is 2.30. The Kier molecular flexibility index (Phi) is 2.22. The van der Waals surface area contributed by atoms with Crippen molar-refractivity contribution in [2.75, 3.05) is 5.43 Å². The number of aromatic hydroxyl groups is 1. The number of hydrogen-bond donors (Lipinski definition) is 2. The Morgan fingerprint density at radius 2 is 1.53 bits per heavy atom. The Hall–Kier alpha value is -2.42. The van der Waals surface area contributed by atoms with Crippen LogP contribution in [0.25, 0.3) is 10.8 Å². The van der Waals surface area contributed by atoms with Gasteiger partial charge in [-0.2, -0.15) is 0 Å². The van der Waals surface area contributed by atoms with Gasteiger partial charge in [0.2, 0.25) is 0 Å². The van der Waals surface area contributed by atoms with Crippen LogP contribution in [0.1, 0.15) is 0 Å². The van der Waals surface area contributed by atoms with Crippen LogP contribution in [0.4, 0.5) is 5.69 Å². The van der Waals surface area contributed by atoms with E-state index in [1.54, 1.807) is 6.07 Å². The van der Waals surface area contributed by atoms with Crippen LogP contribution in [0.5, 0.6) is 5.75 Å². The first-order valence-corrected chi connectivity index (χ1v) is 5.45. The van der Waals surface area contributed by atoms with Gasteiger partial charge in [0.15, 0.2) is 0 Å². The molecule has 0 amide bonds. The van der Waals surface area contributed by atoms with E-state index < -0.39 is 0 Å². The van der Waals surface area contributed by atoms with Crippen LogP contribution >= 0.6 is 0 Å². The Morgan fingerprint density at radius 1 is 0.824 bits per heavy atom. The number of benzene rings is 2. The summed E-state index contributed by atoms with van der Waals surface area (Å²) in [6.07, 6.45) is 3.86. The van der Waals surface area contributed by atoms with Crippen molar-refractivity contribution in [3.05, 3.63) is 60.9 Å². The van der Waals surface area contributed by atoms with Crippen LogP contribution in [-0.4, -0.2) is 9.78 Å². The fourth-order valence-electron chi connectivity index (χ4n) is 1.93. The third-order valence-corrected chi connectivity index (χ3v) is 2.76. The standard InChI is InChI=1S/C14H12N2O/c17-14-8-7-13(15-16-9-3-4-10-16)11-5-1-2-6-12(11)14/h1-10,15,17H. The number of fused-ring (bicyclic) bond motifs is 1. The Labute approximate surface area is 98.9 Å².